The van der Waals surface area contributed by atoms with E-state index < -0.39 is 10.0 Å². The summed E-state index contributed by atoms with van der Waals surface area (Å²) in [6.07, 6.45) is 8.03. The zero-order valence-corrected chi connectivity index (χ0v) is 16.8. The molecule has 0 saturated heterocycles. The van der Waals surface area contributed by atoms with Gasteiger partial charge in [-0.15, -0.1) is 0 Å². The molecule has 142 valence electrons. The summed E-state index contributed by atoms with van der Waals surface area (Å²) in [6.45, 7) is 5.96. The van der Waals surface area contributed by atoms with Crippen molar-refractivity contribution in [2.45, 2.75) is 18.2 Å². The molecule has 6 nitrogen and oxygen atoms in total. The van der Waals surface area contributed by atoms with Crippen LogP contribution in [0.15, 0.2) is 46.7 Å². The van der Waals surface area contributed by atoms with Gasteiger partial charge in [0.2, 0.25) is 10.0 Å². The van der Waals surface area contributed by atoms with E-state index in [0.29, 0.717) is 11.8 Å². The highest BCUT2D eigenvalue weighted by Gasteiger charge is 2.17. The Hall–Kier alpha value is -2.42. The highest BCUT2D eigenvalue weighted by molar-refractivity contribution is 7.89. The number of aryl methyl sites for hydroxylation is 1. The first kappa shape index (κ1) is 19.3. The van der Waals surface area contributed by atoms with Gasteiger partial charge in [0, 0.05) is 31.0 Å². The fraction of sp³-hybridized carbons (Fsp3) is 0.211. The standard InChI is InChI=1S/C19H21N3O3S2/c1-4-6-15-13(12-20-17(15)5-2)9-10-21-27(24,25)14-7-8-18-16(11-14)19(23)26-22(18)3/h4-8,11-12,20-21H,2,9-10H2,1,3H3/b6-4-. The third kappa shape index (κ3) is 3.83. The van der Waals surface area contributed by atoms with Gasteiger partial charge in [0.25, 0.3) is 4.74 Å². The number of nitrogens with one attached hydrogen (secondary N) is 2. The minimum atomic E-state index is -3.70. The average molecular weight is 404 g/mol. The molecule has 0 unspecified atom stereocenters. The van der Waals surface area contributed by atoms with Gasteiger partial charge in [-0.2, -0.15) is 0 Å². The van der Waals surface area contributed by atoms with Crippen molar-refractivity contribution in [2.75, 3.05) is 6.54 Å². The van der Waals surface area contributed by atoms with Gasteiger partial charge in [-0.25, -0.2) is 13.1 Å². The zero-order valence-electron chi connectivity index (χ0n) is 15.2. The largest absolute Gasteiger partial charge is 0.361 e. The number of aromatic amines is 1. The van der Waals surface area contributed by atoms with Crippen molar-refractivity contribution in [3.63, 3.8) is 0 Å². The van der Waals surface area contributed by atoms with Gasteiger partial charge in [0.05, 0.1) is 15.8 Å². The fourth-order valence-electron chi connectivity index (χ4n) is 2.98. The van der Waals surface area contributed by atoms with E-state index in [-0.39, 0.29) is 16.2 Å². The highest BCUT2D eigenvalue weighted by Crippen LogP contribution is 2.20. The van der Waals surface area contributed by atoms with Gasteiger partial charge < -0.3 is 4.98 Å². The molecule has 0 aliphatic carbocycles. The number of H-pyrrole nitrogens is 1. The first-order valence-electron chi connectivity index (χ1n) is 8.42. The fourth-order valence-corrected chi connectivity index (χ4v) is 4.80. The summed E-state index contributed by atoms with van der Waals surface area (Å²) in [6, 6.07) is 4.62. The van der Waals surface area contributed by atoms with Gasteiger partial charge in [-0.05, 0) is 54.7 Å². The minimum Gasteiger partial charge on any atom is -0.361 e. The van der Waals surface area contributed by atoms with Crippen molar-refractivity contribution in [1.29, 1.82) is 0 Å². The van der Waals surface area contributed by atoms with E-state index in [4.69, 9.17) is 0 Å². The van der Waals surface area contributed by atoms with Crippen LogP contribution in [0.1, 0.15) is 23.7 Å². The quantitative estimate of drug-likeness (QED) is 0.636. The molecule has 1 aromatic carbocycles. The Kier molecular flexibility index (Phi) is 5.50. The molecule has 8 heteroatoms. The molecular formula is C19H21N3O3S2. The molecule has 0 bridgehead atoms. The second kappa shape index (κ2) is 7.67. The van der Waals surface area contributed by atoms with Crippen molar-refractivity contribution in [3.05, 3.63) is 63.4 Å². The van der Waals surface area contributed by atoms with Gasteiger partial charge in [-0.3, -0.25) is 8.75 Å². The van der Waals surface area contributed by atoms with Crippen molar-refractivity contribution in [2.24, 2.45) is 7.05 Å². The Labute approximate surface area is 162 Å². The highest BCUT2D eigenvalue weighted by atomic mass is 32.2. The van der Waals surface area contributed by atoms with E-state index in [9.17, 15) is 13.2 Å². The molecule has 27 heavy (non-hydrogen) atoms. The van der Waals surface area contributed by atoms with Crippen molar-refractivity contribution in [3.8, 4) is 0 Å². The summed E-state index contributed by atoms with van der Waals surface area (Å²) in [5, 5.41) is 0.419. The molecule has 0 aliphatic heterocycles. The van der Waals surface area contributed by atoms with E-state index in [2.05, 4.69) is 16.3 Å². The summed E-state index contributed by atoms with van der Waals surface area (Å²) < 4.78 is 29.4. The van der Waals surface area contributed by atoms with Gasteiger partial charge >= 0.3 is 0 Å². The van der Waals surface area contributed by atoms with Gasteiger partial charge in [0.1, 0.15) is 0 Å². The first-order valence-corrected chi connectivity index (χ1v) is 10.7. The normalized spacial score (nSPS) is 12.2. The van der Waals surface area contributed by atoms with E-state index in [1.54, 1.807) is 23.1 Å². The Bertz CT molecular complexity index is 1180. The Balaban J connectivity index is 1.78. The second-order valence-electron chi connectivity index (χ2n) is 6.05. The molecule has 0 atom stereocenters. The summed E-state index contributed by atoms with van der Waals surface area (Å²) in [7, 11) is -1.92. The number of fused-ring (bicyclic) bond motifs is 1. The molecule has 2 aromatic heterocycles. The molecule has 0 aliphatic rings. The minimum absolute atomic E-state index is 0.0972. The zero-order chi connectivity index (χ0) is 19.6. The molecule has 0 amide bonds. The molecule has 2 heterocycles. The second-order valence-corrected chi connectivity index (χ2v) is 8.92. The Morgan fingerprint density at radius 1 is 1.37 bits per heavy atom. The van der Waals surface area contributed by atoms with Crippen molar-refractivity contribution < 1.29 is 8.42 Å². The lowest BCUT2D eigenvalue weighted by atomic mass is 10.1. The third-order valence-electron chi connectivity index (χ3n) is 4.32. The summed E-state index contributed by atoms with van der Waals surface area (Å²) in [4.78, 5) is 15.2. The Morgan fingerprint density at radius 3 is 2.85 bits per heavy atom. The van der Waals surface area contributed by atoms with Gasteiger partial charge in [0.15, 0.2) is 0 Å². The maximum atomic E-state index is 12.6. The SMILES string of the molecule is C=Cc1[nH]cc(CCNS(=O)(=O)c2ccc3c(c2)c(=O)sn3C)c1/C=C\C. The lowest BCUT2D eigenvalue weighted by Gasteiger charge is -2.07. The van der Waals surface area contributed by atoms with Crippen LogP contribution in [0.4, 0.5) is 0 Å². The van der Waals surface area contributed by atoms with Crippen LogP contribution in [0.25, 0.3) is 23.1 Å². The number of hydrogen-bond acceptors (Lipinski definition) is 4. The number of benzene rings is 1. The van der Waals surface area contributed by atoms with Crippen LogP contribution in [0.2, 0.25) is 0 Å². The average Bonchev–Trinajstić information content (AvgIpc) is 3.15. The van der Waals surface area contributed by atoms with Gasteiger partial charge in [-0.1, -0.05) is 18.7 Å². The number of aromatic nitrogens is 2. The topological polar surface area (TPSA) is 84.0 Å². The lowest BCUT2D eigenvalue weighted by Crippen LogP contribution is -2.26. The van der Waals surface area contributed by atoms with Crippen LogP contribution in [-0.4, -0.2) is 23.9 Å². The number of hydrogen-bond donors (Lipinski definition) is 2. The van der Waals surface area contributed by atoms with Crippen LogP contribution in [0.5, 0.6) is 0 Å². The molecular weight excluding hydrogens is 382 g/mol. The number of nitrogens with zero attached hydrogens (tertiary/aromatic N) is 1. The molecule has 0 fully saturated rings. The third-order valence-corrected chi connectivity index (χ3v) is 6.63. The van der Waals surface area contributed by atoms with Crippen LogP contribution in [0, 0.1) is 0 Å². The molecule has 3 rings (SSSR count). The van der Waals surface area contributed by atoms with Crippen LogP contribution in [-0.2, 0) is 23.5 Å². The molecule has 3 aromatic rings. The van der Waals surface area contributed by atoms with Crippen LogP contribution >= 0.6 is 11.5 Å². The number of rotatable bonds is 7. The van der Waals surface area contributed by atoms with E-state index in [1.165, 1.54) is 12.1 Å². The number of sulfonamides is 1. The summed E-state index contributed by atoms with van der Waals surface area (Å²) >= 11 is 1.06. The van der Waals surface area contributed by atoms with Crippen molar-refractivity contribution in [1.82, 2.24) is 13.7 Å². The Morgan fingerprint density at radius 2 is 2.15 bits per heavy atom. The van der Waals surface area contributed by atoms with E-state index in [0.717, 1.165) is 33.9 Å². The van der Waals surface area contributed by atoms with Crippen molar-refractivity contribution >= 4 is 44.6 Å². The van der Waals surface area contributed by atoms with Crippen LogP contribution < -0.4 is 9.46 Å². The summed E-state index contributed by atoms with van der Waals surface area (Å²) in [5.74, 6) is 0. The molecule has 0 saturated carbocycles. The predicted molar refractivity (Wildman–Crippen MR) is 112 cm³/mol. The predicted octanol–water partition coefficient (Wildman–Crippen LogP) is 3.13. The molecule has 2 N–H and O–H groups in total. The molecule has 0 spiro atoms. The lowest BCUT2D eigenvalue weighted by molar-refractivity contribution is 0.582. The van der Waals surface area contributed by atoms with E-state index >= 15 is 0 Å². The smallest absolute Gasteiger partial charge is 0.257 e. The monoisotopic (exact) mass is 403 g/mol. The number of allylic oxidation sites excluding steroid dienone is 1. The maximum Gasteiger partial charge on any atom is 0.257 e. The molecule has 0 radical (unpaired) electrons. The maximum absolute atomic E-state index is 12.6. The van der Waals surface area contributed by atoms with E-state index in [1.807, 2.05) is 25.3 Å². The van der Waals surface area contributed by atoms with Crippen LogP contribution in [0.3, 0.4) is 0 Å². The summed E-state index contributed by atoms with van der Waals surface area (Å²) in [5.41, 5.74) is 3.65. The first-order chi connectivity index (χ1) is 12.9.